The Morgan fingerprint density at radius 3 is 3.06 bits per heavy atom. The minimum atomic E-state index is -0.230. The number of hydrogen-bond donors (Lipinski definition) is 0. The minimum absolute atomic E-state index is 0.230. The Balaban J connectivity index is 2.02. The van der Waals surface area contributed by atoms with Crippen LogP contribution in [0.15, 0.2) is 24.3 Å². The molecule has 1 aliphatic rings. The smallest absolute Gasteiger partial charge is 0.184 e. The molecule has 0 aromatic heterocycles. The molecule has 0 spiro atoms. The Kier molecular flexibility index (Phi) is 3.80. The van der Waals surface area contributed by atoms with Crippen LogP contribution in [0.3, 0.4) is 0 Å². The third-order valence-electron chi connectivity index (χ3n) is 2.73. The van der Waals surface area contributed by atoms with Gasteiger partial charge in [-0.25, -0.2) is 0 Å². The molecule has 2 rings (SSSR count). The summed E-state index contributed by atoms with van der Waals surface area (Å²) in [5.41, 5.74) is 1.03. The van der Waals surface area contributed by atoms with E-state index in [2.05, 4.69) is 6.92 Å². The molecule has 3 heteroatoms. The molecular weight excluding hydrogens is 204 g/mol. The maximum Gasteiger partial charge on any atom is 0.184 e. The molecule has 1 aliphatic heterocycles. The highest BCUT2D eigenvalue weighted by Crippen LogP contribution is 2.30. The van der Waals surface area contributed by atoms with Crippen LogP contribution in [0.2, 0.25) is 0 Å². The Bertz CT molecular complexity index is 338. The Hall–Kier alpha value is -1.06. The second-order valence-electron chi connectivity index (χ2n) is 3.99. The highest BCUT2D eigenvalue weighted by Gasteiger charge is 2.26. The fourth-order valence-electron chi connectivity index (χ4n) is 1.88. The summed E-state index contributed by atoms with van der Waals surface area (Å²) in [6, 6.07) is 7.83. The van der Waals surface area contributed by atoms with Crippen LogP contribution in [0.4, 0.5) is 0 Å². The molecule has 2 atom stereocenters. The first-order valence-corrected chi connectivity index (χ1v) is 5.74. The fraction of sp³-hybridized carbons (Fsp3) is 0.538. The molecule has 1 aromatic rings. The average molecular weight is 222 g/mol. The summed E-state index contributed by atoms with van der Waals surface area (Å²) in [5, 5.41) is 0. The van der Waals surface area contributed by atoms with Crippen molar-refractivity contribution >= 4 is 0 Å². The zero-order valence-electron chi connectivity index (χ0n) is 9.81. The fourth-order valence-corrected chi connectivity index (χ4v) is 1.88. The zero-order chi connectivity index (χ0) is 11.4. The third kappa shape index (κ3) is 2.54. The van der Waals surface area contributed by atoms with Gasteiger partial charge >= 0.3 is 0 Å². The van der Waals surface area contributed by atoms with Gasteiger partial charge in [0.2, 0.25) is 0 Å². The van der Waals surface area contributed by atoms with Gasteiger partial charge in [-0.3, -0.25) is 0 Å². The Labute approximate surface area is 96.3 Å². The van der Waals surface area contributed by atoms with Crippen LogP contribution < -0.4 is 4.74 Å². The molecule has 2 unspecified atom stereocenters. The molecular formula is C13H18O3. The Morgan fingerprint density at radius 1 is 1.44 bits per heavy atom. The van der Waals surface area contributed by atoms with E-state index in [-0.39, 0.29) is 12.4 Å². The molecule has 0 amide bonds. The van der Waals surface area contributed by atoms with Gasteiger partial charge in [-0.15, -0.1) is 0 Å². The summed E-state index contributed by atoms with van der Waals surface area (Å²) in [6.07, 6.45) is 2.19. The van der Waals surface area contributed by atoms with Gasteiger partial charge in [0.05, 0.1) is 19.8 Å². The van der Waals surface area contributed by atoms with Crippen LogP contribution in [0.5, 0.6) is 5.75 Å². The average Bonchev–Trinajstić information content (AvgIpc) is 2.78. The van der Waals surface area contributed by atoms with Gasteiger partial charge in [0.25, 0.3) is 0 Å². The van der Waals surface area contributed by atoms with Crippen molar-refractivity contribution < 1.29 is 14.2 Å². The standard InChI is InChI=1S/C13H18O3/c1-3-5-12-9-15-13(16-12)10-6-4-7-11(8-10)14-2/h4,6-8,12-13H,3,5,9H2,1-2H3. The van der Waals surface area contributed by atoms with Gasteiger partial charge in [0, 0.05) is 5.56 Å². The van der Waals surface area contributed by atoms with E-state index in [4.69, 9.17) is 14.2 Å². The highest BCUT2D eigenvalue weighted by atomic mass is 16.7. The van der Waals surface area contributed by atoms with Gasteiger partial charge in [0.1, 0.15) is 5.75 Å². The van der Waals surface area contributed by atoms with Crippen molar-refractivity contribution in [2.75, 3.05) is 13.7 Å². The lowest BCUT2D eigenvalue weighted by Crippen LogP contribution is -2.08. The van der Waals surface area contributed by atoms with E-state index in [1.54, 1.807) is 7.11 Å². The monoisotopic (exact) mass is 222 g/mol. The summed E-state index contributed by atoms with van der Waals surface area (Å²) >= 11 is 0. The summed E-state index contributed by atoms with van der Waals surface area (Å²) in [7, 11) is 1.66. The van der Waals surface area contributed by atoms with Gasteiger partial charge in [0.15, 0.2) is 6.29 Å². The number of methoxy groups -OCH3 is 1. The van der Waals surface area contributed by atoms with Crippen molar-refractivity contribution in [3.05, 3.63) is 29.8 Å². The van der Waals surface area contributed by atoms with Crippen LogP contribution in [-0.2, 0) is 9.47 Å². The molecule has 88 valence electrons. The van der Waals surface area contributed by atoms with E-state index >= 15 is 0 Å². The summed E-state index contributed by atoms with van der Waals surface area (Å²) < 4.78 is 16.6. The molecule has 1 heterocycles. The van der Waals surface area contributed by atoms with E-state index in [1.165, 1.54) is 0 Å². The molecule has 16 heavy (non-hydrogen) atoms. The lowest BCUT2D eigenvalue weighted by molar-refractivity contribution is -0.0612. The number of benzene rings is 1. The van der Waals surface area contributed by atoms with E-state index in [0.717, 1.165) is 24.2 Å². The largest absolute Gasteiger partial charge is 0.497 e. The quantitative estimate of drug-likeness (QED) is 0.784. The van der Waals surface area contributed by atoms with E-state index in [0.29, 0.717) is 6.61 Å². The van der Waals surface area contributed by atoms with Crippen LogP contribution in [-0.4, -0.2) is 19.8 Å². The van der Waals surface area contributed by atoms with E-state index in [9.17, 15) is 0 Å². The second kappa shape index (κ2) is 5.32. The number of ether oxygens (including phenoxy) is 3. The van der Waals surface area contributed by atoms with Crippen molar-refractivity contribution in [1.82, 2.24) is 0 Å². The van der Waals surface area contributed by atoms with Crippen molar-refractivity contribution in [3.8, 4) is 5.75 Å². The van der Waals surface area contributed by atoms with Crippen molar-refractivity contribution in [3.63, 3.8) is 0 Å². The summed E-state index contributed by atoms with van der Waals surface area (Å²) in [4.78, 5) is 0. The van der Waals surface area contributed by atoms with E-state index in [1.807, 2.05) is 24.3 Å². The van der Waals surface area contributed by atoms with Crippen molar-refractivity contribution in [2.24, 2.45) is 0 Å². The minimum Gasteiger partial charge on any atom is -0.497 e. The molecule has 1 saturated heterocycles. The van der Waals surface area contributed by atoms with Crippen LogP contribution in [0.1, 0.15) is 31.6 Å². The topological polar surface area (TPSA) is 27.7 Å². The van der Waals surface area contributed by atoms with Crippen LogP contribution in [0.25, 0.3) is 0 Å². The van der Waals surface area contributed by atoms with Gasteiger partial charge < -0.3 is 14.2 Å². The maximum absolute atomic E-state index is 5.81. The lowest BCUT2D eigenvalue weighted by Gasteiger charge is -2.12. The molecule has 0 aliphatic carbocycles. The third-order valence-corrected chi connectivity index (χ3v) is 2.73. The molecule has 1 fully saturated rings. The first-order chi connectivity index (χ1) is 7.83. The lowest BCUT2D eigenvalue weighted by atomic mass is 10.2. The first kappa shape index (κ1) is 11.4. The van der Waals surface area contributed by atoms with Gasteiger partial charge in [-0.1, -0.05) is 25.5 Å². The molecule has 1 aromatic carbocycles. The first-order valence-electron chi connectivity index (χ1n) is 5.74. The molecule has 0 saturated carbocycles. The predicted octanol–water partition coefficient (Wildman–Crippen LogP) is 2.91. The summed E-state index contributed by atoms with van der Waals surface area (Å²) in [6.45, 7) is 2.85. The van der Waals surface area contributed by atoms with Gasteiger partial charge in [-0.2, -0.15) is 0 Å². The molecule has 0 N–H and O–H groups in total. The summed E-state index contributed by atoms with van der Waals surface area (Å²) in [5.74, 6) is 0.837. The van der Waals surface area contributed by atoms with E-state index < -0.39 is 0 Å². The second-order valence-corrected chi connectivity index (χ2v) is 3.99. The predicted molar refractivity (Wildman–Crippen MR) is 61.5 cm³/mol. The SMILES string of the molecule is CCCC1COC(c2cccc(OC)c2)O1. The highest BCUT2D eigenvalue weighted by molar-refractivity contribution is 5.29. The van der Waals surface area contributed by atoms with Gasteiger partial charge in [-0.05, 0) is 18.6 Å². The van der Waals surface area contributed by atoms with Crippen LogP contribution >= 0.6 is 0 Å². The Morgan fingerprint density at radius 2 is 2.31 bits per heavy atom. The number of hydrogen-bond acceptors (Lipinski definition) is 3. The van der Waals surface area contributed by atoms with Crippen LogP contribution in [0, 0.1) is 0 Å². The normalized spacial score (nSPS) is 24.6. The van der Waals surface area contributed by atoms with Crippen molar-refractivity contribution in [1.29, 1.82) is 0 Å². The zero-order valence-corrected chi connectivity index (χ0v) is 9.81. The van der Waals surface area contributed by atoms with Crippen molar-refractivity contribution in [2.45, 2.75) is 32.2 Å². The molecule has 0 bridgehead atoms. The molecule has 3 nitrogen and oxygen atoms in total. The maximum atomic E-state index is 5.81. The molecule has 0 radical (unpaired) electrons. The number of rotatable bonds is 4.